The van der Waals surface area contributed by atoms with E-state index in [-0.39, 0.29) is 0 Å². The van der Waals surface area contributed by atoms with Gasteiger partial charge in [0.15, 0.2) is 0 Å². The number of halogens is 1. The van der Waals surface area contributed by atoms with Crippen LogP contribution in [0.1, 0.15) is 31.7 Å². The van der Waals surface area contributed by atoms with E-state index in [4.69, 9.17) is 11.6 Å². The predicted octanol–water partition coefficient (Wildman–Crippen LogP) is 4.78. The van der Waals surface area contributed by atoms with Crippen molar-refractivity contribution in [1.82, 2.24) is 9.97 Å². The number of nitrogens with one attached hydrogen (secondary N) is 2. The first-order valence-electron chi connectivity index (χ1n) is 7.29. The van der Waals surface area contributed by atoms with E-state index in [0.717, 1.165) is 30.0 Å². The van der Waals surface area contributed by atoms with Gasteiger partial charge in [0.2, 0.25) is 5.95 Å². The fraction of sp³-hybridized carbons (Fsp3) is 0.375. The Kier molecular flexibility index (Phi) is 5.81. The number of hydrogen-bond acceptors (Lipinski definition) is 4. The summed E-state index contributed by atoms with van der Waals surface area (Å²) in [4.78, 5) is 8.69. The first kappa shape index (κ1) is 15.6. The molecule has 0 aliphatic rings. The highest BCUT2D eigenvalue weighted by Gasteiger charge is 2.03. The third-order valence-corrected chi connectivity index (χ3v) is 3.42. The Bertz CT molecular complexity index is 586. The number of nitrogens with zero attached hydrogens (tertiary/aromatic N) is 2. The lowest BCUT2D eigenvalue weighted by molar-refractivity contribution is 0.740. The molecule has 4 nitrogen and oxygen atoms in total. The lowest BCUT2D eigenvalue weighted by atomic mass is 10.2. The molecule has 1 heterocycles. The molecule has 0 fully saturated rings. The fourth-order valence-corrected chi connectivity index (χ4v) is 2.13. The Morgan fingerprint density at radius 2 is 2.05 bits per heavy atom. The molecule has 0 aliphatic carbocycles. The molecule has 0 radical (unpaired) electrons. The smallest absolute Gasteiger partial charge is 0.224 e. The zero-order chi connectivity index (χ0) is 15.1. The largest absolute Gasteiger partial charge is 0.354 e. The Balaban J connectivity index is 2.02. The van der Waals surface area contributed by atoms with E-state index in [0.29, 0.717) is 11.0 Å². The van der Waals surface area contributed by atoms with Gasteiger partial charge in [-0.15, -0.1) is 0 Å². The summed E-state index contributed by atoms with van der Waals surface area (Å²) < 4.78 is 0. The average molecular weight is 305 g/mol. The summed E-state index contributed by atoms with van der Waals surface area (Å²) in [7, 11) is 0. The maximum absolute atomic E-state index is 6.03. The summed E-state index contributed by atoms with van der Waals surface area (Å²) in [6.45, 7) is 5.12. The van der Waals surface area contributed by atoms with Gasteiger partial charge < -0.3 is 10.6 Å². The molecule has 1 aromatic heterocycles. The molecule has 21 heavy (non-hydrogen) atoms. The van der Waals surface area contributed by atoms with Gasteiger partial charge in [0.25, 0.3) is 0 Å². The predicted molar refractivity (Wildman–Crippen MR) is 89.5 cm³/mol. The Morgan fingerprint density at radius 3 is 2.86 bits per heavy atom. The van der Waals surface area contributed by atoms with Crippen molar-refractivity contribution in [2.24, 2.45) is 0 Å². The quantitative estimate of drug-likeness (QED) is 0.722. The third kappa shape index (κ3) is 4.90. The van der Waals surface area contributed by atoms with Crippen LogP contribution in [0.25, 0.3) is 0 Å². The van der Waals surface area contributed by atoms with E-state index in [1.54, 1.807) is 6.20 Å². The number of aryl methyl sites for hydroxylation is 1. The molecule has 1 aromatic carbocycles. The zero-order valence-electron chi connectivity index (χ0n) is 12.5. The monoisotopic (exact) mass is 304 g/mol. The van der Waals surface area contributed by atoms with E-state index in [2.05, 4.69) is 27.5 Å². The molecular formula is C16H21ClN4. The maximum Gasteiger partial charge on any atom is 0.224 e. The minimum atomic E-state index is 0.649. The standard InChI is InChI=1S/C16H21ClN4/c1-3-4-5-9-18-16-19-10-8-15(21-16)20-14-11-13(17)7-6-12(14)2/h6-8,10-11H,3-5,9H2,1-2H3,(H2,18,19,20,21). The Morgan fingerprint density at radius 1 is 1.19 bits per heavy atom. The SMILES string of the molecule is CCCCCNc1nccc(Nc2cc(Cl)ccc2C)n1. The van der Waals surface area contributed by atoms with Crippen molar-refractivity contribution in [3.8, 4) is 0 Å². The van der Waals surface area contributed by atoms with E-state index >= 15 is 0 Å². The fourth-order valence-electron chi connectivity index (χ4n) is 1.96. The number of aromatic nitrogens is 2. The van der Waals surface area contributed by atoms with Gasteiger partial charge in [0.1, 0.15) is 5.82 Å². The molecule has 0 unspecified atom stereocenters. The van der Waals surface area contributed by atoms with Crippen molar-refractivity contribution >= 4 is 29.1 Å². The Hall–Kier alpha value is -1.81. The molecule has 0 saturated carbocycles. The van der Waals surface area contributed by atoms with Gasteiger partial charge >= 0.3 is 0 Å². The second kappa shape index (κ2) is 7.84. The van der Waals surface area contributed by atoms with Crippen molar-refractivity contribution in [2.45, 2.75) is 33.1 Å². The van der Waals surface area contributed by atoms with Gasteiger partial charge in [-0.3, -0.25) is 0 Å². The minimum absolute atomic E-state index is 0.649. The summed E-state index contributed by atoms with van der Waals surface area (Å²) in [5.74, 6) is 1.41. The van der Waals surface area contributed by atoms with E-state index in [1.165, 1.54) is 12.8 Å². The van der Waals surface area contributed by atoms with Crippen LogP contribution < -0.4 is 10.6 Å². The number of unbranched alkanes of at least 4 members (excludes halogenated alkanes) is 2. The normalized spacial score (nSPS) is 10.4. The van der Waals surface area contributed by atoms with Crippen molar-refractivity contribution in [3.63, 3.8) is 0 Å². The van der Waals surface area contributed by atoms with Crippen molar-refractivity contribution in [3.05, 3.63) is 41.0 Å². The van der Waals surface area contributed by atoms with E-state index < -0.39 is 0 Å². The van der Waals surface area contributed by atoms with Gasteiger partial charge in [-0.1, -0.05) is 37.4 Å². The van der Waals surface area contributed by atoms with E-state index in [1.807, 2.05) is 31.2 Å². The molecule has 0 aliphatic heterocycles. The molecule has 112 valence electrons. The molecule has 0 atom stereocenters. The summed E-state index contributed by atoms with van der Waals surface area (Å²) >= 11 is 6.03. The van der Waals surface area contributed by atoms with Gasteiger partial charge in [0.05, 0.1) is 0 Å². The van der Waals surface area contributed by atoms with Gasteiger partial charge in [-0.25, -0.2) is 4.98 Å². The van der Waals surface area contributed by atoms with E-state index in [9.17, 15) is 0 Å². The van der Waals surface area contributed by atoms with Crippen LogP contribution in [0.4, 0.5) is 17.5 Å². The van der Waals surface area contributed by atoms with Gasteiger partial charge in [-0.2, -0.15) is 4.98 Å². The Labute approximate surface area is 131 Å². The summed E-state index contributed by atoms with van der Waals surface area (Å²) in [5, 5.41) is 7.23. The van der Waals surface area contributed by atoms with Crippen molar-refractivity contribution in [2.75, 3.05) is 17.2 Å². The molecule has 2 rings (SSSR count). The van der Waals surface area contributed by atoms with Crippen LogP contribution in [-0.2, 0) is 0 Å². The number of anilines is 3. The molecule has 0 bridgehead atoms. The van der Waals surface area contributed by atoms with Crippen molar-refractivity contribution < 1.29 is 0 Å². The molecular weight excluding hydrogens is 284 g/mol. The summed E-state index contributed by atoms with van der Waals surface area (Å²) in [6.07, 6.45) is 5.30. The zero-order valence-corrected chi connectivity index (χ0v) is 13.2. The summed E-state index contributed by atoms with van der Waals surface area (Å²) in [6, 6.07) is 7.60. The molecule has 5 heteroatoms. The maximum atomic E-state index is 6.03. The highest BCUT2D eigenvalue weighted by atomic mass is 35.5. The van der Waals surface area contributed by atoms with Crippen LogP contribution in [0.5, 0.6) is 0 Å². The minimum Gasteiger partial charge on any atom is -0.354 e. The van der Waals surface area contributed by atoms with Gasteiger partial charge in [-0.05, 0) is 37.1 Å². The highest BCUT2D eigenvalue weighted by Crippen LogP contribution is 2.23. The molecule has 0 amide bonds. The number of benzene rings is 1. The first-order chi connectivity index (χ1) is 10.2. The van der Waals surface area contributed by atoms with Crippen LogP contribution in [0.3, 0.4) is 0 Å². The molecule has 2 aromatic rings. The van der Waals surface area contributed by atoms with Crippen LogP contribution in [0.2, 0.25) is 5.02 Å². The van der Waals surface area contributed by atoms with Gasteiger partial charge in [0, 0.05) is 23.5 Å². The van der Waals surface area contributed by atoms with Crippen molar-refractivity contribution in [1.29, 1.82) is 0 Å². The van der Waals surface area contributed by atoms with Crippen LogP contribution in [-0.4, -0.2) is 16.5 Å². The topological polar surface area (TPSA) is 49.8 Å². The second-order valence-corrected chi connectivity index (χ2v) is 5.42. The lowest BCUT2D eigenvalue weighted by Gasteiger charge is -2.10. The average Bonchev–Trinajstić information content (AvgIpc) is 2.48. The summed E-state index contributed by atoms with van der Waals surface area (Å²) in [5.41, 5.74) is 2.08. The highest BCUT2D eigenvalue weighted by molar-refractivity contribution is 6.30. The molecule has 0 saturated heterocycles. The van der Waals surface area contributed by atoms with Crippen LogP contribution in [0, 0.1) is 6.92 Å². The lowest BCUT2D eigenvalue weighted by Crippen LogP contribution is -2.06. The second-order valence-electron chi connectivity index (χ2n) is 4.98. The number of hydrogen-bond donors (Lipinski definition) is 2. The molecule has 2 N–H and O–H groups in total. The van der Waals surface area contributed by atoms with Crippen LogP contribution in [0.15, 0.2) is 30.5 Å². The number of rotatable bonds is 7. The third-order valence-electron chi connectivity index (χ3n) is 3.18. The van der Waals surface area contributed by atoms with Crippen LogP contribution >= 0.6 is 11.6 Å². The first-order valence-corrected chi connectivity index (χ1v) is 7.67. The molecule has 0 spiro atoms.